The Balaban J connectivity index is 1.59. The van der Waals surface area contributed by atoms with Crippen LogP contribution in [-0.2, 0) is 6.42 Å². The summed E-state index contributed by atoms with van der Waals surface area (Å²) in [5.74, 6) is 1.58. The lowest BCUT2D eigenvalue weighted by atomic mass is 9.83. The highest BCUT2D eigenvalue weighted by Crippen LogP contribution is 2.41. The van der Waals surface area contributed by atoms with Crippen molar-refractivity contribution in [2.24, 2.45) is 4.99 Å². The summed E-state index contributed by atoms with van der Waals surface area (Å²) in [6.07, 6.45) is 3.64. The van der Waals surface area contributed by atoms with E-state index in [1.165, 1.54) is 22.5 Å². The highest BCUT2D eigenvalue weighted by atomic mass is 79.9. The lowest BCUT2D eigenvalue weighted by Crippen LogP contribution is -2.38. The number of methoxy groups -OCH3 is 3. The Kier molecular flexibility index (Phi) is 6.45. The smallest absolute Gasteiger partial charge is 0.271 e. The summed E-state index contributed by atoms with van der Waals surface area (Å²) < 4.78 is 19.9. The Morgan fingerprint density at radius 1 is 0.974 bits per heavy atom. The second kappa shape index (κ2) is 9.93. The standard InChI is InChI=1S/C30H25BrN2O4S/c1-35-23-14-17(15-24(36-2)28(23)37-3)16-25-29(34)33-27(19-8-11-20(31)12-9-19)22-13-10-18-6-4-5-7-21(18)26(22)32-30(33)38-25/h4-9,11-12,14-16,27H,10,13H2,1-3H3/b25-16+/t27-/m1/s1. The summed E-state index contributed by atoms with van der Waals surface area (Å²) in [5, 5.41) is 0. The second-order valence-electron chi connectivity index (χ2n) is 9.12. The SMILES string of the molecule is COc1cc(/C=c2/sc3n(c2=O)[C@H](c2ccc(Br)cc2)C2=C(N=3)c3ccccc3CC2)cc(OC)c1OC. The molecule has 1 atom stereocenters. The number of benzene rings is 3. The van der Waals surface area contributed by atoms with Crippen molar-refractivity contribution in [2.75, 3.05) is 21.3 Å². The Morgan fingerprint density at radius 2 is 1.68 bits per heavy atom. The van der Waals surface area contributed by atoms with Gasteiger partial charge in [0.2, 0.25) is 5.75 Å². The maximum absolute atomic E-state index is 14.0. The molecule has 3 aromatic carbocycles. The molecule has 0 saturated carbocycles. The molecule has 0 radical (unpaired) electrons. The molecule has 0 unspecified atom stereocenters. The van der Waals surface area contributed by atoms with Crippen LogP contribution in [0.25, 0.3) is 11.8 Å². The monoisotopic (exact) mass is 588 g/mol. The maximum atomic E-state index is 14.0. The van der Waals surface area contributed by atoms with Crippen molar-refractivity contribution in [3.05, 3.63) is 113 Å². The van der Waals surface area contributed by atoms with E-state index in [4.69, 9.17) is 19.2 Å². The average Bonchev–Trinajstić information content (AvgIpc) is 3.25. The van der Waals surface area contributed by atoms with Gasteiger partial charge in [0.1, 0.15) is 0 Å². The van der Waals surface area contributed by atoms with E-state index in [0.717, 1.165) is 39.7 Å². The fourth-order valence-corrected chi connectivity index (χ4v) is 6.57. The normalized spacial score (nSPS) is 16.3. The zero-order chi connectivity index (χ0) is 26.4. The van der Waals surface area contributed by atoms with Crippen molar-refractivity contribution in [2.45, 2.75) is 18.9 Å². The first-order valence-corrected chi connectivity index (χ1v) is 13.8. The quantitative estimate of drug-likeness (QED) is 0.325. The Labute approximate surface area is 232 Å². The molecule has 0 spiro atoms. The first-order valence-electron chi connectivity index (χ1n) is 12.2. The number of hydrogen-bond donors (Lipinski definition) is 0. The molecule has 1 aromatic heterocycles. The van der Waals surface area contributed by atoms with Gasteiger partial charge < -0.3 is 14.2 Å². The average molecular weight is 590 g/mol. The predicted octanol–water partition coefficient (Wildman–Crippen LogP) is 5.11. The van der Waals surface area contributed by atoms with Crippen molar-refractivity contribution >= 4 is 39.0 Å². The number of halogens is 1. The van der Waals surface area contributed by atoms with Gasteiger partial charge in [-0.1, -0.05) is 63.7 Å². The van der Waals surface area contributed by atoms with Crippen molar-refractivity contribution in [3.8, 4) is 17.2 Å². The minimum Gasteiger partial charge on any atom is -0.493 e. The summed E-state index contributed by atoms with van der Waals surface area (Å²) in [4.78, 5) is 19.8. The summed E-state index contributed by atoms with van der Waals surface area (Å²) >= 11 is 4.95. The molecule has 0 saturated heterocycles. The lowest BCUT2D eigenvalue weighted by Gasteiger charge is -2.30. The van der Waals surface area contributed by atoms with E-state index < -0.39 is 0 Å². The molecule has 0 bridgehead atoms. The number of thiazole rings is 1. The third-order valence-corrected chi connectivity index (χ3v) is 8.56. The first-order chi connectivity index (χ1) is 18.5. The van der Waals surface area contributed by atoms with Gasteiger partial charge in [0.15, 0.2) is 16.3 Å². The molecule has 38 heavy (non-hydrogen) atoms. The number of ether oxygens (including phenoxy) is 3. The Bertz CT molecular complexity index is 1740. The van der Waals surface area contributed by atoms with E-state index in [2.05, 4.69) is 52.3 Å². The van der Waals surface area contributed by atoms with Gasteiger partial charge in [-0.05, 0) is 65.4 Å². The summed E-state index contributed by atoms with van der Waals surface area (Å²) in [7, 11) is 4.73. The van der Waals surface area contributed by atoms with E-state index in [0.29, 0.717) is 26.6 Å². The van der Waals surface area contributed by atoms with Crippen molar-refractivity contribution in [1.29, 1.82) is 0 Å². The Hall–Kier alpha value is -3.62. The number of allylic oxidation sites excluding steroid dienone is 1. The molecule has 6 rings (SSSR count). The molecule has 0 N–H and O–H groups in total. The maximum Gasteiger partial charge on any atom is 0.271 e. The van der Waals surface area contributed by atoms with Gasteiger partial charge in [0.05, 0.1) is 37.6 Å². The minimum absolute atomic E-state index is 0.0687. The van der Waals surface area contributed by atoms with Crippen LogP contribution in [0.2, 0.25) is 0 Å². The molecule has 2 aliphatic rings. The van der Waals surface area contributed by atoms with Gasteiger partial charge in [-0.25, -0.2) is 4.99 Å². The van der Waals surface area contributed by atoms with Crippen molar-refractivity contribution < 1.29 is 14.2 Å². The van der Waals surface area contributed by atoms with Crippen LogP contribution >= 0.6 is 27.3 Å². The zero-order valence-electron chi connectivity index (χ0n) is 21.2. The van der Waals surface area contributed by atoms with Crippen LogP contribution in [0.3, 0.4) is 0 Å². The predicted molar refractivity (Wildman–Crippen MR) is 153 cm³/mol. The number of rotatable bonds is 5. The second-order valence-corrected chi connectivity index (χ2v) is 11.0. The molecule has 0 fully saturated rings. The van der Waals surface area contributed by atoms with Crippen molar-refractivity contribution in [3.63, 3.8) is 0 Å². The number of hydrogen-bond acceptors (Lipinski definition) is 6. The van der Waals surface area contributed by atoms with Crippen LogP contribution in [0.4, 0.5) is 0 Å². The third-order valence-electron chi connectivity index (χ3n) is 7.04. The summed E-state index contributed by atoms with van der Waals surface area (Å²) in [5.41, 5.74) is 6.38. The number of fused-ring (bicyclic) bond motifs is 3. The van der Waals surface area contributed by atoms with E-state index in [1.54, 1.807) is 21.3 Å². The molecular formula is C30H25BrN2O4S. The van der Waals surface area contributed by atoms with E-state index in [-0.39, 0.29) is 11.6 Å². The van der Waals surface area contributed by atoms with Gasteiger partial charge in [0.25, 0.3) is 5.56 Å². The fourth-order valence-electron chi connectivity index (χ4n) is 5.30. The van der Waals surface area contributed by atoms with Gasteiger partial charge in [-0.3, -0.25) is 9.36 Å². The van der Waals surface area contributed by atoms with Gasteiger partial charge in [-0.15, -0.1) is 0 Å². The van der Waals surface area contributed by atoms with Crippen molar-refractivity contribution in [1.82, 2.24) is 4.57 Å². The fraction of sp³-hybridized carbons (Fsp3) is 0.200. The minimum atomic E-state index is -0.218. The topological polar surface area (TPSA) is 62.1 Å². The van der Waals surface area contributed by atoms with Crippen LogP contribution in [0.15, 0.2) is 80.5 Å². The van der Waals surface area contributed by atoms with E-state index in [9.17, 15) is 4.79 Å². The molecule has 192 valence electrons. The van der Waals surface area contributed by atoms with E-state index in [1.807, 2.05) is 34.9 Å². The van der Waals surface area contributed by atoms with Gasteiger partial charge in [0, 0.05) is 10.0 Å². The van der Waals surface area contributed by atoms with Crippen LogP contribution in [-0.4, -0.2) is 25.9 Å². The molecule has 4 aromatic rings. The van der Waals surface area contributed by atoms with Crippen LogP contribution in [0.1, 0.15) is 34.7 Å². The summed E-state index contributed by atoms with van der Waals surface area (Å²) in [6, 6.07) is 20.1. The van der Waals surface area contributed by atoms with Gasteiger partial charge in [-0.2, -0.15) is 0 Å². The van der Waals surface area contributed by atoms with Crippen LogP contribution in [0.5, 0.6) is 17.2 Å². The molecule has 0 amide bonds. The molecule has 8 heteroatoms. The van der Waals surface area contributed by atoms with Crippen LogP contribution < -0.4 is 29.1 Å². The Morgan fingerprint density at radius 3 is 2.37 bits per heavy atom. The largest absolute Gasteiger partial charge is 0.493 e. The number of aryl methyl sites for hydroxylation is 1. The highest BCUT2D eigenvalue weighted by Gasteiger charge is 2.32. The number of nitrogens with zero attached hydrogens (tertiary/aromatic N) is 2. The lowest BCUT2D eigenvalue weighted by molar-refractivity contribution is 0.324. The van der Waals surface area contributed by atoms with E-state index >= 15 is 0 Å². The summed E-state index contributed by atoms with van der Waals surface area (Å²) in [6.45, 7) is 0. The molecule has 6 nitrogen and oxygen atoms in total. The number of aromatic nitrogens is 1. The van der Waals surface area contributed by atoms with Gasteiger partial charge >= 0.3 is 0 Å². The first kappa shape index (κ1) is 24.7. The zero-order valence-corrected chi connectivity index (χ0v) is 23.6. The third kappa shape index (κ3) is 4.08. The molecule has 2 heterocycles. The van der Waals surface area contributed by atoms with Crippen LogP contribution in [0, 0.1) is 0 Å². The molecular weight excluding hydrogens is 564 g/mol. The highest BCUT2D eigenvalue weighted by molar-refractivity contribution is 9.10. The molecule has 1 aliphatic carbocycles. The molecule has 1 aliphatic heterocycles.